The van der Waals surface area contributed by atoms with Crippen LogP contribution in [0.5, 0.6) is 0 Å². The predicted octanol–water partition coefficient (Wildman–Crippen LogP) is 5.10. The lowest BCUT2D eigenvalue weighted by Crippen LogP contribution is -2.31. The quantitative estimate of drug-likeness (QED) is 0.707. The standard InChI is InChI=1S/C18H28F2O3S/c1-16(2,3)10-13(19)11(17(4,5)6)15(24(21,22)23)12(14(10)20)18(7,8)9/h1-9H3,(H,21,22,23). The molecule has 0 spiro atoms. The molecule has 1 rings (SSSR count). The van der Waals surface area contributed by atoms with Gasteiger partial charge < -0.3 is 0 Å². The summed E-state index contributed by atoms with van der Waals surface area (Å²) in [6.07, 6.45) is 0. The van der Waals surface area contributed by atoms with Crippen LogP contribution in [-0.4, -0.2) is 13.0 Å². The maximum absolute atomic E-state index is 15.3. The van der Waals surface area contributed by atoms with Gasteiger partial charge in [-0.05, 0) is 16.2 Å². The van der Waals surface area contributed by atoms with Gasteiger partial charge in [0.25, 0.3) is 10.1 Å². The molecule has 0 aromatic heterocycles. The highest BCUT2D eigenvalue weighted by Crippen LogP contribution is 2.44. The van der Waals surface area contributed by atoms with Crippen LogP contribution in [0.25, 0.3) is 0 Å². The zero-order valence-corrected chi connectivity index (χ0v) is 16.7. The van der Waals surface area contributed by atoms with Crippen LogP contribution in [0.1, 0.15) is 79.0 Å². The van der Waals surface area contributed by atoms with E-state index in [2.05, 4.69) is 0 Å². The van der Waals surface area contributed by atoms with Crippen molar-refractivity contribution < 1.29 is 21.8 Å². The molecule has 0 saturated heterocycles. The van der Waals surface area contributed by atoms with Crippen LogP contribution in [0.2, 0.25) is 0 Å². The van der Waals surface area contributed by atoms with Gasteiger partial charge in [-0.15, -0.1) is 0 Å². The van der Waals surface area contributed by atoms with Gasteiger partial charge in [-0.3, -0.25) is 4.55 Å². The molecule has 6 heteroatoms. The Labute approximate surface area is 144 Å². The van der Waals surface area contributed by atoms with Crippen LogP contribution in [0, 0.1) is 11.6 Å². The van der Waals surface area contributed by atoms with Crippen molar-refractivity contribution in [2.45, 2.75) is 83.5 Å². The highest BCUT2D eigenvalue weighted by molar-refractivity contribution is 7.86. The van der Waals surface area contributed by atoms with Crippen molar-refractivity contribution in [2.75, 3.05) is 0 Å². The summed E-state index contributed by atoms with van der Waals surface area (Å²) >= 11 is 0. The maximum atomic E-state index is 15.3. The van der Waals surface area contributed by atoms with E-state index in [0.717, 1.165) is 0 Å². The topological polar surface area (TPSA) is 54.4 Å². The number of halogens is 2. The highest BCUT2D eigenvalue weighted by atomic mass is 32.2. The van der Waals surface area contributed by atoms with Crippen molar-refractivity contribution in [1.29, 1.82) is 0 Å². The molecule has 0 saturated carbocycles. The van der Waals surface area contributed by atoms with Crippen molar-refractivity contribution in [2.24, 2.45) is 0 Å². The van der Waals surface area contributed by atoms with E-state index in [4.69, 9.17) is 0 Å². The maximum Gasteiger partial charge on any atom is 0.295 e. The normalized spacial score (nSPS) is 14.2. The summed E-state index contributed by atoms with van der Waals surface area (Å²) < 4.78 is 64.4. The van der Waals surface area contributed by atoms with Gasteiger partial charge in [0, 0.05) is 16.7 Å². The van der Waals surface area contributed by atoms with E-state index in [-0.39, 0.29) is 16.7 Å². The lowest BCUT2D eigenvalue weighted by atomic mass is 9.74. The molecule has 0 amide bonds. The minimum Gasteiger partial charge on any atom is -0.282 e. The molecule has 0 aliphatic heterocycles. The first kappa shape index (κ1) is 21.0. The molecule has 3 nitrogen and oxygen atoms in total. The van der Waals surface area contributed by atoms with Gasteiger partial charge in [0.2, 0.25) is 0 Å². The Kier molecular flexibility index (Phi) is 5.05. The SMILES string of the molecule is CC(C)(C)c1c(F)c(C(C)(C)C)c(S(=O)(=O)O)c(C(C)(C)C)c1F. The molecule has 0 aliphatic carbocycles. The van der Waals surface area contributed by atoms with Gasteiger partial charge in [-0.25, -0.2) is 8.78 Å². The summed E-state index contributed by atoms with van der Waals surface area (Å²) in [5.74, 6) is -1.82. The average molecular weight is 362 g/mol. The van der Waals surface area contributed by atoms with Crippen molar-refractivity contribution in [3.8, 4) is 0 Å². The van der Waals surface area contributed by atoms with E-state index in [9.17, 15) is 13.0 Å². The summed E-state index contributed by atoms with van der Waals surface area (Å²) in [6, 6.07) is 0. The molecule has 1 N–H and O–H groups in total. The van der Waals surface area contributed by atoms with Crippen LogP contribution < -0.4 is 0 Å². The number of benzene rings is 1. The van der Waals surface area contributed by atoms with Crippen molar-refractivity contribution in [3.05, 3.63) is 28.3 Å². The first-order valence-electron chi connectivity index (χ1n) is 7.85. The van der Waals surface area contributed by atoms with Crippen molar-refractivity contribution >= 4 is 10.1 Å². The van der Waals surface area contributed by atoms with E-state index in [1.165, 1.54) is 0 Å². The van der Waals surface area contributed by atoms with E-state index < -0.39 is 42.9 Å². The second-order valence-corrected chi connectivity index (χ2v) is 10.7. The Balaban J connectivity index is 4.40. The molecule has 1 aromatic rings. The lowest BCUT2D eigenvalue weighted by molar-refractivity contribution is 0.406. The van der Waals surface area contributed by atoms with Gasteiger partial charge >= 0.3 is 0 Å². The van der Waals surface area contributed by atoms with Gasteiger partial charge in [-0.2, -0.15) is 8.42 Å². The second-order valence-electron chi connectivity index (χ2n) is 9.31. The molecule has 0 fully saturated rings. The fourth-order valence-electron chi connectivity index (χ4n) is 2.93. The first-order valence-corrected chi connectivity index (χ1v) is 9.29. The Morgan fingerprint density at radius 2 is 0.917 bits per heavy atom. The molecular formula is C18H28F2O3S. The number of rotatable bonds is 1. The van der Waals surface area contributed by atoms with E-state index >= 15 is 8.78 Å². The monoisotopic (exact) mass is 362 g/mol. The van der Waals surface area contributed by atoms with Crippen LogP contribution >= 0.6 is 0 Å². The molecule has 0 bridgehead atoms. The van der Waals surface area contributed by atoms with E-state index in [0.29, 0.717) is 0 Å². The smallest absolute Gasteiger partial charge is 0.282 e. The summed E-state index contributed by atoms with van der Waals surface area (Å²) in [7, 11) is -4.82. The summed E-state index contributed by atoms with van der Waals surface area (Å²) in [5, 5.41) is 0. The lowest BCUT2D eigenvalue weighted by Gasteiger charge is -2.33. The predicted molar refractivity (Wildman–Crippen MR) is 92.3 cm³/mol. The third-order valence-corrected chi connectivity index (χ3v) is 4.76. The molecular weight excluding hydrogens is 334 g/mol. The summed E-state index contributed by atoms with van der Waals surface area (Å²) in [6.45, 7) is 14.8. The van der Waals surface area contributed by atoms with Crippen LogP contribution in [0.3, 0.4) is 0 Å². The van der Waals surface area contributed by atoms with Crippen LogP contribution in [0.15, 0.2) is 4.90 Å². The summed E-state index contributed by atoms with van der Waals surface area (Å²) in [5.41, 5.74) is -3.27. The molecule has 0 unspecified atom stereocenters. The molecule has 138 valence electrons. The Bertz CT molecular complexity index is 718. The minimum absolute atomic E-state index is 0.162. The third-order valence-electron chi connectivity index (χ3n) is 3.84. The largest absolute Gasteiger partial charge is 0.295 e. The summed E-state index contributed by atoms with van der Waals surface area (Å²) in [4.78, 5) is -0.648. The second kappa shape index (κ2) is 5.77. The highest BCUT2D eigenvalue weighted by Gasteiger charge is 2.41. The zero-order valence-electron chi connectivity index (χ0n) is 15.9. The van der Waals surface area contributed by atoms with Gasteiger partial charge in [0.1, 0.15) is 16.5 Å². The van der Waals surface area contributed by atoms with E-state index in [1.54, 1.807) is 62.3 Å². The van der Waals surface area contributed by atoms with Gasteiger partial charge in [0.05, 0.1) is 0 Å². The number of hydrogen-bond donors (Lipinski definition) is 1. The van der Waals surface area contributed by atoms with Crippen LogP contribution in [0.4, 0.5) is 8.78 Å². The molecule has 0 heterocycles. The number of hydrogen-bond acceptors (Lipinski definition) is 2. The average Bonchev–Trinajstić information content (AvgIpc) is 2.20. The van der Waals surface area contributed by atoms with E-state index in [1.807, 2.05) is 0 Å². The van der Waals surface area contributed by atoms with Crippen LogP contribution in [-0.2, 0) is 26.4 Å². The third kappa shape index (κ3) is 3.80. The Morgan fingerprint density at radius 3 is 1.08 bits per heavy atom. The van der Waals surface area contributed by atoms with Gasteiger partial charge in [-0.1, -0.05) is 62.3 Å². The Morgan fingerprint density at radius 1 is 0.667 bits per heavy atom. The zero-order chi connectivity index (χ0) is 19.5. The molecule has 1 aromatic carbocycles. The fourth-order valence-corrected chi connectivity index (χ4v) is 4.23. The van der Waals surface area contributed by atoms with Gasteiger partial charge in [0.15, 0.2) is 0 Å². The fraction of sp³-hybridized carbons (Fsp3) is 0.667. The molecule has 0 aliphatic rings. The first-order chi connectivity index (χ1) is 10.3. The molecule has 24 heavy (non-hydrogen) atoms. The Hall–Kier alpha value is -1.01. The van der Waals surface area contributed by atoms with Crippen molar-refractivity contribution in [1.82, 2.24) is 0 Å². The minimum atomic E-state index is -4.82. The molecule has 0 radical (unpaired) electrons. The van der Waals surface area contributed by atoms with Crippen molar-refractivity contribution in [3.63, 3.8) is 0 Å². The molecule has 0 atom stereocenters.